The van der Waals surface area contributed by atoms with Gasteiger partial charge in [-0.3, -0.25) is 0 Å². The lowest BCUT2D eigenvalue weighted by Crippen LogP contribution is -3.00. The van der Waals surface area contributed by atoms with Gasteiger partial charge in [0.1, 0.15) is 0 Å². The van der Waals surface area contributed by atoms with Gasteiger partial charge in [-0.15, -0.1) is 4.72 Å². The Morgan fingerprint density at radius 2 is 1.80 bits per heavy atom. The zero-order chi connectivity index (χ0) is 13.9. The Kier molecular flexibility index (Phi) is 5.50. The Bertz CT molecular complexity index is 662. The molecule has 1 heterocycles. The molecule has 1 aromatic carbocycles. The highest BCUT2D eigenvalue weighted by Gasteiger charge is 2.21. The number of nitrogen functional groups attached to an aromatic ring is 1. The number of pyridine rings is 1. The minimum absolute atomic E-state index is 0. The van der Waals surface area contributed by atoms with Crippen molar-refractivity contribution in [1.29, 1.82) is 0 Å². The van der Waals surface area contributed by atoms with E-state index in [1.54, 1.807) is 36.0 Å². The van der Waals surface area contributed by atoms with Crippen LogP contribution in [0.3, 0.4) is 0 Å². The van der Waals surface area contributed by atoms with Gasteiger partial charge in [0.25, 0.3) is 0 Å². The van der Waals surface area contributed by atoms with Gasteiger partial charge >= 0.3 is 0 Å². The third kappa shape index (κ3) is 3.93. The monoisotopic (exact) mass is 313 g/mol. The van der Waals surface area contributed by atoms with Gasteiger partial charge in [0.15, 0.2) is 12.4 Å². The van der Waals surface area contributed by atoms with E-state index in [0.29, 0.717) is 5.69 Å². The van der Waals surface area contributed by atoms with Crippen LogP contribution in [0.4, 0.5) is 5.69 Å². The maximum absolute atomic E-state index is 12.2. The highest BCUT2D eigenvalue weighted by atomic mass is 35.5. The van der Waals surface area contributed by atoms with Gasteiger partial charge in [0.05, 0.1) is 4.90 Å². The average Bonchev–Trinajstić information content (AvgIpc) is 2.39. The summed E-state index contributed by atoms with van der Waals surface area (Å²) in [6.45, 7) is 1.77. The van der Waals surface area contributed by atoms with E-state index in [9.17, 15) is 8.42 Å². The first-order chi connectivity index (χ1) is 8.99. The number of nitrogens with zero attached hydrogens (tertiary/aromatic N) is 1. The third-order valence-electron chi connectivity index (χ3n) is 2.68. The maximum atomic E-state index is 12.2. The summed E-state index contributed by atoms with van der Waals surface area (Å²) in [7, 11) is -3.58. The van der Waals surface area contributed by atoms with E-state index >= 15 is 0 Å². The Morgan fingerprint density at radius 1 is 1.15 bits per heavy atom. The number of halogens is 1. The van der Waals surface area contributed by atoms with Crippen LogP contribution in [0.1, 0.15) is 13.1 Å². The molecule has 0 amide bonds. The van der Waals surface area contributed by atoms with Crippen LogP contribution in [0.2, 0.25) is 0 Å². The molecule has 20 heavy (non-hydrogen) atoms. The molecule has 1 atom stereocenters. The fourth-order valence-corrected chi connectivity index (χ4v) is 2.96. The van der Waals surface area contributed by atoms with Crippen molar-refractivity contribution in [2.75, 3.05) is 5.73 Å². The van der Waals surface area contributed by atoms with E-state index < -0.39 is 10.0 Å². The third-order valence-corrected chi connectivity index (χ3v) is 4.21. The van der Waals surface area contributed by atoms with Crippen LogP contribution >= 0.6 is 0 Å². The van der Waals surface area contributed by atoms with Crippen LogP contribution in [0.15, 0.2) is 59.8 Å². The number of sulfonamides is 1. The molecule has 0 aliphatic carbocycles. The van der Waals surface area contributed by atoms with Crippen LogP contribution < -0.4 is 27.4 Å². The number of hydrogen-bond acceptors (Lipinski definition) is 3. The topological polar surface area (TPSA) is 76.1 Å². The number of hydrogen-bond donors (Lipinski definition) is 2. The van der Waals surface area contributed by atoms with Gasteiger partial charge < -0.3 is 18.1 Å². The molecule has 7 heteroatoms. The molecule has 0 fully saturated rings. The van der Waals surface area contributed by atoms with Gasteiger partial charge in [-0.05, 0) is 18.2 Å². The van der Waals surface area contributed by atoms with Crippen LogP contribution in [0, 0.1) is 0 Å². The molecular weight excluding hydrogens is 298 g/mol. The first-order valence-electron chi connectivity index (χ1n) is 5.83. The second-order valence-electron chi connectivity index (χ2n) is 4.19. The number of nitrogens with two attached hydrogens (primary N) is 1. The summed E-state index contributed by atoms with van der Waals surface area (Å²) in [5, 5.41) is 0. The number of nitrogens with one attached hydrogen (secondary N) is 1. The van der Waals surface area contributed by atoms with E-state index in [1.165, 1.54) is 12.1 Å². The second-order valence-corrected chi connectivity index (χ2v) is 5.91. The van der Waals surface area contributed by atoms with Gasteiger partial charge in [-0.1, -0.05) is 12.1 Å². The lowest BCUT2D eigenvalue weighted by atomic mass is 10.3. The highest BCUT2D eigenvalue weighted by molar-refractivity contribution is 7.89. The maximum Gasteiger partial charge on any atom is 0.245 e. The first-order valence-corrected chi connectivity index (χ1v) is 7.31. The molecular formula is C13H16ClN3O2S. The van der Waals surface area contributed by atoms with Gasteiger partial charge in [0.2, 0.25) is 16.2 Å². The van der Waals surface area contributed by atoms with Crippen molar-refractivity contribution in [2.24, 2.45) is 0 Å². The van der Waals surface area contributed by atoms with Crippen LogP contribution in [0.5, 0.6) is 0 Å². The predicted octanol–water partition coefficient (Wildman–Crippen LogP) is -1.94. The summed E-state index contributed by atoms with van der Waals surface area (Å²) in [5.41, 5.74) is 6.02. The molecule has 0 saturated heterocycles. The summed E-state index contributed by atoms with van der Waals surface area (Å²) in [5.74, 6) is 0. The summed E-state index contributed by atoms with van der Waals surface area (Å²) in [4.78, 5) is 0.163. The van der Waals surface area contributed by atoms with E-state index in [4.69, 9.17) is 5.73 Å². The van der Waals surface area contributed by atoms with Gasteiger partial charge in [0, 0.05) is 24.7 Å². The quantitative estimate of drug-likeness (QED) is 0.509. The molecule has 1 unspecified atom stereocenters. The van der Waals surface area contributed by atoms with E-state index in [1.807, 2.05) is 18.2 Å². The minimum Gasteiger partial charge on any atom is -1.00 e. The smallest absolute Gasteiger partial charge is 0.245 e. The molecule has 0 spiro atoms. The number of anilines is 1. The Balaban J connectivity index is 0.00000200. The molecule has 5 nitrogen and oxygen atoms in total. The molecule has 0 saturated carbocycles. The normalized spacial score (nSPS) is 12.4. The molecule has 2 rings (SSSR count). The fourth-order valence-electron chi connectivity index (χ4n) is 1.71. The first kappa shape index (κ1) is 16.4. The lowest BCUT2D eigenvalue weighted by molar-refractivity contribution is -0.722. The number of benzene rings is 1. The molecule has 3 N–H and O–H groups in total. The molecule has 0 aliphatic rings. The summed E-state index contributed by atoms with van der Waals surface area (Å²) in [6.07, 6.45) is 3.21. The molecule has 2 aromatic rings. The largest absolute Gasteiger partial charge is 1.00 e. The van der Waals surface area contributed by atoms with Crippen LogP contribution in [-0.4, -0.2) is 8.42 Å². The molecule has 0 radical (unpaired) electrons. The molecule has 1 aromatic heterocycles. The SMILES string of the molecule is CC(NS(=O)(=O)c1cccc(N)c1)[n+]1ccccc1.[Cl-]. The lowest BCUT2D eigenvalue weighted by Gasteiger charge is -2.10. The van der Waals surface area contributed by atoms with Crippen LogP contribution in [-0.2, 0) is 10.0 Å². The van der Waals surface area contributed by atoms with E-state index in [-0.39, 0.29) is 23.5 Å². The Hall–Kier alpha value is -1.63. The standard InChI is InChI=1S/C13H16N3O2S.ClH/c1-11(16-8-3-2-4-9-16)15-19(17,18)13-7-5-6-12(14)10-13;/h2-11,15H,14H2,1H3;1H/q+1;/p-1. The van der Waals surface area contributed by atoms with E-state index in [0.717, 1.165) is 0 Å². The van der Waals surface area contributed by atoms with Crippen molar-refractivity contribution in [3.8, 4) is 0 Å². The molecule has 0 aliphatic heterocycles. The average molecular weight is 314 g/mol. The second kappa shape index (κ2) is 6.69. The molecule has 108 valence electrons. The van der Waals surface area contributed by atoms with Crippen molar-refractivity contribution >= 4 is 15.7 Å². The van der Waals surface area contributed by atoms with Crippen molar-refractivity contribution < 1.29 is 25.4 Å². The Morgan fingerprint density at radius 3 is 2.40 bits per heavy atom. The summed E-state index contributed by atoms with van der Waals surface area (Å²) >= 11 is 0. The van der Waals surface area contributed by atoms with Gasteiger partial charge in [-0.25, -0.2) is 8.42 Å². The van der Waals surface area contributed by atoms with Gasteiger partial charge in [-0.2, -0.15) is 4.57 Å². The van der Waals surface area contributed by atoms with Crippen molar-refractivity contribution in [2.45, 2.75) is 18.0 Å². The minimum atomic E-state index is -3.58. The van der Waals surface area contributed by atoms with Crippen molar-refractivity contribution in [1.82, 2.24) is 4.72 Å². The highest BCUT2D eigenvalue weighted by Crippen LogP contribution is 2.13. The zero-order valence-electron chi connectivity index (χ0n) is 10.9. The van der Waals surface area contributed by atoms with Crippen molar-refractivity contribution in [3.05, 3.63) is 54.9 Å². The summed E-state index contributed by atoms with van der Waals surface area (Å²) < 4.78 is 28.7. The molecule has 0 bridgehead atoms. The fraction of sp³-hybridized carbons (Fsp3) is 0.154. The number of rotatable bonds is 4. The van der Waals surface area contributed by atoms with Crippen molar-refractivity contribution in [3.63, 3.8) is 0 Å². The zero-order valence-corrected chi connectivity index (χ0v) is 12.5. The van der Waals surface area contributed by atoms with Crippen LogP contribution in [0.25, 0.3) is 0 Å². The Labute approximate surface area is 124 Å². The van der Waals surface area contributed by atoms with E-state index in [2.05, 4.69) is 4.72 Å². The predicted molar refractivity (Wildman–Crippen MR) is 72.5 cm³/mol. The summed E-state index contributed by atoms with van der Waals surface area (Å²) in [6, 6.07) is 11.8. The number of aromatic nitrogens is 1.